The molecule has 2 saturated heterocycles. The topological polar surface area (TPSA) is 339 Å². The predicted octanol–water partition coefficient (Wildman–Crippen LogP) is 3.49. The molecule has 2 heterocycles. The average Bonchev–Trinajstić information content (AvgIpc) is 3.37. The van der Waals surface area contributed by atoms with Crippen LogP contribution in [0.25, 0.3) is 0 Å². The maximum atomic E-state index is 12.8. The number of amides is 1. The third kappa shape index (κ3) is 25.0. The lowest BCUT2D eigenvalue weighted by molar-refractivity contribution is -0.302. The van der Waals surface area contributed by atoms with E-state index in [1.807, 2.05) is 62.5 Å². The van der Waals surface area contributed by atoms with Gasteiger partial charge in [-0.05, 0) is 47.0 Å². The van der Waals surface area contributed by atoms with E-state index in [1.165, 1.54) is 31.2 Å². The molecule has 10 N–H and O–H groups in total. The van der Waals surface area contributed by atoms with E-state index in [1.54, 1.807) is 39.0 Å². The number of aliphatic imine (C=N–C) groups is 1. The largest absolute Gasteiger partial charge is 0.508 e. The molecule has 0 spiro atoms. The first-order valence-corrected chi connectivity index (χ1v) is 25.9. The number of nitrogens with one attached hydrogen (secondary N) is 1. The third-order valence-electron chi connectivity index (χ3n) is 12.8. The minimum atomic E-state index is -2.40. The van der Waals surface area contributed by atoms with E-state index in [0.29, 0.717) is 0 Å². The maximum Gasteiger partial charge on any atom is 0.508 e. The summed E-state index contributed by atoms with van der Waals surface area (Å²) >= 11 is 0. The number of hydrogen-bond acceptors (Lipinski definition) is 21. The summed E-state index contributed by atoms with van der Waals surface area (Å²) in [4.78, 5) is 53.6. The van der Waals surface area contributed by atoms with Gasteiger partial charge in [-0.3, -0.25) is 4.79 Å². The molecule has 0 aromatic heterocycles. The fraction of sp³-hybridized carbons (Fsp3) is 0.636. The summed E-state index contributed by atoms with van der Waals surface area (Å²) in [6, 6.07) is -2.74. The molecule has 77 heavy (non-hydrogen) atoms. The Labute approximate surface area is 451 Å². The lowest BCUT2D eigenvalue weighted by atomic mass is 9.87. The fourth-order valence-electron chi connectivity index (χ4n) is 8.52. The van der Waals surface area contributed by atoms with Crippen LogP contribution in [-0.2, 0) is 42.7 Å². The van der Waals surface area contributed by atoms with Gasteiger partial charge in [-0.2, -0.15) is 4.99 Å². The van der Waals surface area contributed by atoms with Crippen LogP contribution >= 0.6 is 0 Å². The molecule has 434 valence electrons. The van der Waals surface area contributed by atoms with Crippen molar-refractivity contribution in [3.05, 3.63) is 98.2 Å². The highest BCUT2D eigenvalue weighted by atomic mass is 16.7. The Kier molecular flexibility index (Phi) is 31.8. The highest BCUT2D eigenvalue weighted by molar-refractivity contribution is 5.70. The van der Waals surface area contributed by atoms with E-state index in [9.17, 15) is 65.1 Å². The molecule has 0 aromatic carbocycles. The lowest BCUT2D eigenvalue weighted by Gasteiger charge is -2.45. The van der Waals surface area contributed by atoms with E-state index < -0.39 is 153 Å². The molecular weight excluding hydrogens is 1010 g/mol. The highest BCUT2D eigenvalue weighted by Gasteiger charge is 2.51. The van der Waals surface area contributed by atoms with Gasteiger partial charge >= 0.3 is 18.2 Å². The molecule has 22 heteroatoms. The summed E-state index contributed by atoms with van der Waals surface area (Å²) in [6.45, 7) is 16.8. The number of rotatable bonds is 33. The van der Waals surface area contributed by atoms with Crippen molar-refractivity contribution in [1.82, 2.24) is 5.32 Å². The highest BCUT2D eigenvalue weighted by Crippen LogP contribution is 2.38. The van der Waals surface area contributed by atoms with Crippen LogP contribution < -0.4 is 5.32 Å². The zero-order valence-corrected chi connectivity index (χ0v) is 44.9. The Hall–Kier alpha value is -5.17. The van der Waals surface area contributed by atoms with Crippen LogP contribution in [0, 0.1) is 11.8 Å². The fourth-order valence-corrected chi connectivity index (χ4v) is 8.52. The van der Waals surface area contributed by atoms with E-state index in [-0.39, 0.29) is 44.8 Å². The quantitative estimate of drug-likeness (QED) is 0.0112. The number of aliphatic hydroxyl groups excluding tert-OH is 8. The number of carbonyl (C=O) groups excluding carboxylic acids is 4. The second kappa shape index (κ2) is 36.1. The van der Waals surface area contributed by atoms with Crippen molar-refractivity contribution < 1.29 is 98.3 Å². The minimum absolute atomic E-state index is 0.144. The molecular formula is C55H84N2O20. The van der Waals surface area contributed by atoms with Crippen molar-refractivity contribution >= 4 is 24.3 Å². The number of hydrogen-bond donors (Lipinski definition) is 10. The van der Waals surface area contributed by atoms with Gasteiger partial charge in [0.05, 0.1) is 67.4 Å². The third-order valence-corrected chi connectivity index (χ3v) is 12.8. The van der Waals surface area contributed by atoms with Crippen molar-refractivity contribution in [2.75, 3.05) is 13.2 Å². The normalized spacial score (nSPS) is 28.0. The number of nitrogens with zero attached hydrogens (tertiary/aromatic N) is 1. The van der Waals surface area contributed by atoms with Gasteiger partial charge in [-0.1, -0.05) is 112 Å². The summed E-state index contributed by atoms with van der Waals surface area (Å²) in [5.41, 5.74) is 0. The van der Waals surface area contributed by atoms with Gasteiger partial charge < -0.3 is 84.4 Å². The first kappa shape index (κ1) is 67.9. The van der Waals surface area contributed by atoms with Crippen LogP contribution in [-0.4, -0.2) is 187 Å². The van der Waals surface area contributed by atoms with Crippen molar-refractivity contribution in [3.63, 3.8) is 0 Å². The van der Waals surface area contributed by atoms with Crippen LogP contribution in [0.15, 0.2) is 103 Å². The van der Waals surface area contributed by atoms with Crippen LogP contribution in [0.3, 0.4) is 0 Å². The monoisotopic (exact) mass is 1090 g/mol. The number of alkyl carbamates (subject to hydrolysis) is 1. The molecule has 19 atom stereocenters. The molecule has 2 rings (SSSR count). The Morgan fingerprint density at radius 1 is 0.818 bits per heavy atom. The Balaban J connectivity index is 2.15. The number of allylic oxidation sites excluding steroid dienone is 10. The van der Waals surface area contributed by atoms with Gasteiger partial charge in [0.1, 0.15) is 43.7 Å². The SMILES string of the molecule is C=CCOC(=O)N[C@@H]1[C@H](O)[C@H](O[C@@H](/C=C/C=C/C)C[C@@H]2O[C@](O)(C[C@@H](O)C[C@@H](O)[C@H](O)CC[C@@H](O)C[C@@H](O)CC(=O)O[C@@H](C)[C@H](C)[C@H](O)[C@@H](C)/C=C/C=C/C=C/C=C/C)C[C@H](OC(=O)OCC=C)[C@H]2N=C=O)O[C@H](C)[C@H]1O. The van der Waals surface area contributed by atoms with Crippen molar-refractivity contribution in [2.24, 2.45) is 16.8 Å². The molecule has 0 unspecified atom stereocenters. The van der Waals surface area contributed by atoms with Gasteiger partial charge in [-0.25, -0.2) is 14.4 Å². The average molecular weight is 1090 g/mol. The van der Waals surface area contributed by atoms with Crippen LogP contribution in [0.5, 0.6) is 0 Å². The first-order chi connectivity index (χ1) is 36.5. The maximum absolute atomic E-state index is 12.8. The second-order valence-corrected chi connectivity index (χ2v) is 19.2. The summed E-state index contributed by atoms with van der Waals surface area (Å²) < 4.78 is 39.0. The van der Waals surface area contributed by atoms with E-state index in [2.05, 4.69) is 23.5 Å². The zero-order valence-electron chi connectivity index (χ0n) is 44.9. The van der Waals surface area contributed by atoms with Gasteiger partial charge in [-0.15, -0.1) is 0 Å². The second-order valence-electron chi connectivity index (χ2n) is 19.2. The summed E-state index contributed by atoms with van der Waals surface area (Å²) in [5, 5.41) is 102. The van der Waals surface area contributed by atoms with Gasteiger partial charge in [0.25, 0.3) is 0 Å². The molecule has 2 fully saturated rings. The van der Waals surface area contributed by atoms with Crippen LogP contribution in [0.2, 0.25) is 0 Å². The first-order valence-electron chi connectivity index (χ1n) is 25.9. The molecule has 0 aliphatic carbocycles. The molecule has 1 amide bonds. The number of aliphatic hydroxyl groups is 9. The number of esters is 1. The van der Waals surface area contributed by atoms with E-state index in [4.69, 9.17) is 33.2 Å². The van der Waals surface area contributed by atoms with E-state index in [0.717, 1.165) is 0 Å². The molecule has 0 radical (unpaired) electrons. The molecule has 2 aliphatic rings. The molecule has 22 nitrogen and oxygen atoms in total. The standard InChI is InChI=1S/C55H84N2O20/c1-9-13-15-16-17-18-20-21-34(5)49(65)35(6)36(7)73-46(64)29-39(60)27-38(59)23-24-42(62)43(63)28-40(61)31-55(70)32-45(76-54(69)72-26-12-4)47(56-33-58)44(77-55)30-41(22-19-14-10-2)75-52-51(67)48(50(66)37(8)74-52)57-53(68)71-25-11-3/h9-22,34-45,47-52,59-63,65-67,70H,3-4,23-32H2,1-2,5-8H3,(H,57,68)/b13-9+,14-10+,16-15+,18-17+,21-20+,22-19+/t34-,35-,36-,37+,38+,39+,40-,41-,42+,43+,44-,45-,47-,48-,49+,50+,51-,52-,55+/m0/s1. The summed E-state index contributed by atoms with van der Waals surface area (Å²) in [5.74, 6) is -3.87. The molecule has 0 saturated carbocycles. The summed E-state index contributed by atoms with van der Waals surface area (Å²) in [6.07, 6.45) is 1.17. The number of ether oxygens (including phenoxy) is 7. The zero-order chi connectivity index (χ0) is 57.7. The lowest BCUT2D eigenvalue weighted by Crippen LogP contribution is -2.64. The smallest absolute Gasteiger partial charge is 0.462 e. The number of carbonyl (C=O) groups is 3. The van der Waals surface area contributed by atoms with Gasteiger partial charge in [0.2, 0.25) is 6.08 Å². The minimum Gasteiger partial charge on any atom is -0.462 e. The van der Waals surface area contributed by atoms with Crippen molar-refractivity contribution in [3.8, 4) is 0 Å². The Morgan fingerprint density at radius 2 is 1.44 bits per heavy atom. The van der Waals surface area contributed by atoms with Gasteiger partial charge in [0, 0.05) is 37.5 Å². The Bertz CT molecular complexity index is 2020. The summed E-state index contributed by atoms with van der Waals surface area (Å²) in [7, 11) is 0. The number of isocyanates is 1. The van der Waals surface area contributed by atoms with Crippen molar-refractivity contribution in [1.29, 1.82) is 0 Å². The molecule has 2 aliphatic heterocycles. The van der Waals surface area contributed by atoms with Gasteiger partial charge in [0.15, 0.2) is 12.1 Å². The van der Waals surface area contributed by atoms with Crippen LogP contribution in [0.1, 0.15) is 92.9 Å². The predicted molar refractivity (Wildman–Crippen MR) is 281 cm³/mol. The van der Waals surface area contributed by atoms with Crippen molar-refractivity contribution in [2.45, 2.75) is 196 Å². The Morgan fingerprint density at radius 3 is 2.09 bits per heavy atom. The van der Waals surface area contributed by atoms with Crippen LogP contribution in [0.4, 0.5) is 9.59 Å². The van der Waals surface area contributed by atoms with E-state index >= 15 is 0 Å². The molecule has 0 bridgehead atoms. The molecule has 0 aromatic rings.